The average Bonchev–Trinajstić information content (AvgIpc) is 1.55. The lowest BCUT2D eigenvalue weighted by Gasteiger charge is -2.57. The topological polar surface area (TPSA) is 13.0 Å². The monoisotopic (exact) mass is 1990 g/mol. The Bertz CT molecular complexity index is 5220. The van der Waals surface area contributed by atoms with E-state index in [1.165, 1.54) is 195 Å². The Hall–Kier alpha value is -4.49. The van der Waals surface area contributed by atoms with E-state index in [9.17, 15) is 0 Å². The van der Waals surface area contributed by atoms with Crippen molar-refractivity contribution in [3.8, 4) is 0 Å². The Labute approximate surface area is 881 Å². The summed E-state index contributed by atoms with van der Waals surface area (Å²) in [6, 6.07) is 37.5. The van der Waals surface area contributed by atoms with Crippen LogP contribution in [0.1, 0.15) is 447 Å². The molecular formula is C134H216N4Si4. The maximum absolute atomic E-state index is 3.00. The average molecular weight is 2000 g/mol. The second kappa shape index (κ2) is 42.3. The highest BCUT2D eigenvalue weighted by Crippen LogP contribution is 2.69. The van der Waals surface area contributed by atoms with E-state index >= 15 is 0 Å². The number of fused-ring (bicyclic) bond motifs is 16. The normalized spacial score (nSPS) is 26.6. The molecule has 0 saturated heterocycles. The first-order valence-electron chi connectivity index (χ1n) is 59.1. The lowest BCUT2D eigenvalue weighted by Crippen LogP contribution is -2.67. The van der Waals surface area contributed by atoms with Crippen molar-refractivity contribution < 1.29 is 0 Å². The van der Waals surface area contributed by atoms with Crippen molar-refractivity contribution in [1.82, 2.24) is 18.3 Å². The quantitative estimate of drug-likeness (QED) is 0.0415. The van der Waals surface area contributed by atoms with Gasteiger partial charge in [0, 0.05) is 66.0 Å². The van der Waals surface area contributed by atoms with Gasteiger partial charge in [0.1, 0.15) is 32.9 Å². The predicted octanol–water partition coefficient (Wildman–Crippen LogP) is 39.5. The molecule has 0 aliphatic heterocycles. The van der Waals surface area contributed by atoms with Crippen LogP contribution >= 0.6 is 0 Å². The van der Waals surface area contributed by atoms with Crippen LogP contribution in [0.25, 0.3) is 22.3 Å². The second-order valence-electron chi connectivity index (χ2n) is 59.6. The molecule has 14 atom stereocenters. The molecule has 14 unspecified atom stereocenters. The molecule has 0 aromatic heterocycles. The zero-order valence-corrected chi connectivity index (χ0v) is 104. The second-order valence-corrected chi connectivity index (χ2v) is 77.4. The van der Waals surface area contributed by atoms with Gasteiger partial charge in [0.25, 0.3) is 0 Å². The SMILES string of the molecule is CC1(C)C2=CC3C(C=C2c2ccccc21)CCC3[Si](C)(C)N(C(C)(C)C)C(C)(C)C.CC1CC2C=C3C(=CC2C1[Si](C)(C)N(C(C)(C)C)C(C)(C)C)C(C)(C)c1ccccc13.CCCCCCC1(CCCCCC)C2=CC3C(C=C2c2ccccc21)CC(C)C3[Si](C)(C)N(C(C)(C)C)C(C)(C)C.CCCCCCC1(CCCCCC)C2=CC3C(C=C2c2ccccc21)CCC3[Si](C)(C)N(C(C)(C)C)C(C)(C)C. The van der Waals surface area contributed by atoms with E-state index in [4.69, 9.17) is 0 Å². The Morgan fingerprint density at radius 1 is 0.261 bits per heavy atom. The van der Waals surface area contributed by atoms with E-state index in [-0.39, 0.29) is 66.0 Å². The van der Waals surface area contributed by atoms with Crippen molar-refractivity contribution in [2.45, 2.75) is 543 Å². The maximum Gasteiger partial charge on any atom is 0.127 e. The van der Waals surface area contributed by atoms with Crippen LogP contribution in [0.3, 0.4) is 0 Å². The van der Waals surface area contributed by atoms with E-state index < -0.39 is 32.9 Å². The van der Waals surface area contributed by atoms with Gasteiger partial charge < -0.3 is 18.3 Å². The predicted molar refractivity (Wildman–Crippen MR) is 639 cm³/mol. The highest BCUT2D eigenvalue weighted by molar-refractivity contribution is 6.78. The molecule has 142 heavy (non-hydrogen) atoms. The third-order valence-electron chi connectivity index (χ3n) is 38.6. The van der Waals surface area contributed by atoms with Crippen molar-refractivity contribution in [2.75, 3.05) is 0 Å². The van der Waals surface area contributed by atoms with Crippen LogP contribution in [0.15, 0.2) is 168 Å². The molecule has 16 rings (SSSR count). The summed E-state index contributed by atoms with van der Waals surface area (Å²) < 4.78 is 11.9. The van der Waals surface area contributed by atoms with E-state index in [1.807, 2.05) is 0 Å². The molecule has 0 heterocycles. The fourth-order valence-corrected chi connectivity index (χ4v) is 62.5. The van der Waals surface area contributed by atoms with Crippen molar-refractivity contribution >= 4 is 55.2 Å². The molecule has 0 spiro atoms. The third-order valence-corrected chi connectivity index (χ3v) is 58.7. The molecule has 12 aliphatic rings. The lowest BCUT2D eigenvalue weighted by molar-refractivity contribution is 0.120. The minimum atomic E-state index is -1.82. The van der Waals surface area contributed by atoms with Gasteiger partial charge in [-0.3, -0.25) is 0 Å². The number of unbranched alkanes of at least 4 members (excludes halogenated alkanes) is 12. The van der Waals surface area contributed by atoms with Gasteiger partial charge in [-0.2, -0.15) is 0 Å². The van der Waals surface area contributed by atoms with Gasteiger partial charge in [-0.05, 0) is 388 Å². The lowest BCUT2D eigenvalue weighted by atomic mass is 9.68. The van der Waals surface area contributed by atoms with Crippen LogP contribution in [-0.2, 0) is 21.7 Å². The summed E-state index contributed by atoms with van der Waals surface area (Å²) in [4.78, 5) is 0. The molecule has 8 heteroatoms. The van der Waals surface area contributed by atoms with Crippen LogP contribution in [0, 0.1) is 59.2 Å². The largest absolute Gasteiger partial charge is 0.314 e. The summed E-state index contributed by atoms with van der Waals surface area (Å²) in [5, 5.41) is 0. The highest BCUT2D eigenvalue weighted by Gasteiger charge is 2.63. The number of nitrogens with zero attached hydrogens (tertiary/aromatic N) is 4. The summed E-state index contributed by atoms with van der Waals surface area (Å²) in [5.41, 5.74) is 30.8. The summed E-state index contributed by atoms with van der Waals surface area (Å²) in [7, 11) is -7.03. The van der Waals surface area contributed by atoms with E-state index in [0.717, 1.165) is 34.0 Å². The molecule has 0 bridgehead atoms. The van der Waals surface area contributed by atoms with Crippen LogP contribution < -0.4 is 0 Å². The van der Waals surface area contributed by atoms with E-state index in [2.05, 4.69) is 452 Å². The number of hydrogen-bond donors (Lipinski definition) is 0. The Kier molecular flexibility index (Phi) is 34.1. The molecular weight excluding hydrogens is 1780 g/mol. The van der Waals surface area contributed by atoms with Crippen molar-refractivity contribution in [2.24, 2.45) is 59.2 Å². The number of rotatable bonds is 28. The van der Waals surface area contributed by atoms with Gasteiger partial charge in [-0.15, -0.1) is 0 Å². The first-order chi connectivity index (χ1) is 65.7. The van der Waals surface area contributed by atoms with E-state index in [1.54, 1.807) is 61.3 Å². The van der Waals surface area contributed by atoms with Gasteiger partial charge in [-0.1, -0.05) is 383 Å². The zero-order valence-electron chi connectivity index (χ0n) is 100. The first-order valence-corrected chi connectivity index (χ1v) is 71.2. The van der Waals surface area contributed by atoms with Gasteiger partial charge in [0.2, 0.25) is 0 Å². The molecule has 0 N–H and O–H groups in total. The summed E-state index contributed by atoms with van der Waals surface area (Å²) in [5.74, 6) is 7.10. The van der Waals surface area contributed by atoms with Crippen LogP contribution in [-0.4, -0.2) is 95.5 Å². The smallest absolute Gasteiger partial charge is 0.127 e. The van der Waals surface area contributed by atoms with Gasteiger partial charge >= 0.3 is 0 Å². The molecule has 788 valence electrons. The summed E-state index contributed by atoms with van der Waals surface area (Å²) in [6.07, 6.45) is 57.5. The fraction of sp³-hybridized carbons (Fsp3) is 0.701. The van der Waals surface area contributed by atoms with Gasteiger partial charge in [0.05, 0.1) is 0 Å². The molecule has 0 radical (unpaired) electrons. The minimum absolute atomic E-state index is 0.114. The Morgan fingerprint density at radius 2 is 0.486 bits per heavy atom. The number of hydrogen-bond acceptors (Lipinski definition) is 4. The molecule has 4 nitrogen and oxygen atoms in total. The molecule has 0 amide bonds. The van der Waals surface area contributed by atoms with E-state index in [0.29, 0.717) is 47.3 Å². The molecule has 4 fully saturated rings. The van der Waals surface area contributed by atoms with Crippen LogP contribution in [0.2, 0.25) is 74.5 Å². The first kappa shape index (κ1) is 115. The standard InChI is InChI=1S/C39H65NSi.C38H63NSi.C29H45NSi.C28H43NSi/c1-12-14-16-20-24-39(25-21-17-15-13-2)34-23-19-18-22-31(34)33-27-30-26-29(3)36(32(30)28-35(33)39)41(10,11)40(37(4,5)6)38(7,8)9;1-11-13-15-19-25-38(26-20-16-14-12-2)33-22-18-17-21-30(33)32-27-29-23-24-35(31(29)28-34(32)38)40(9,10)39(36(3,4)5)37(6,7)8;1-19-16-20-17-23-21-14-12-13-15-24(21)29(8,9)25(23)18-22(20)26(19)31(10,11)30(27(2,3)4)28(5,6)7;1-26(2,3)29(27(4,5)6)30(9,10)25-16-15-19-17-22-20-13-11-12-14-23(20)28(7,8)24(22)18-21(19)25/h18-19,22-23,27-30,32,36H,12-17,20-21,24-26H2,1-11H3;17-18,21-22,27-29,31,35H,11-16,19-20,23-26H2,1-10H3;12-15,17-20,22,26H,16H2,1-11H3;11-14,17-19,21,25H,15-16H2,1-10H3. The molecule has 4 aromatic rings. The summed E-state index contributed by atoms with van der Waals surface area (Å²) >= 11 is 0. The van der Waals surface area contributed by atoms with Crippen molar-refractivity contribution in [3.05, 3.63) is 212 Å². The van der Waals surface area contributed by atoms with Crippen molar-refractivity contribution in [3.63, 3.8) is 0 Å². The molecule has 12 aliphatic carbocycles. The van der Waals surface area contributed by atoms with Crippen LogP contribution in [0.5, 0.6) is 0 Å². The number of allylic oxidation sites excluding steroid dienone is 16. The third kappa shape index (κ3) is 22.0. The Balaban J connectivity index is 0.000000160. The molecule has 4 saturated carbocycles. The summed E-state index contributed by atoms with van der Waals surface area (Å²) in [6.45, 7) is 104. The van der Waals surface area contributed by atoms with Crippen LogP contribution in [0.4, 0.5) is 0 Å². The van der Waals surface area contributed by atoms with Crippen molar-refractivity contribution in [1.29, 1.82) is 0 Å². The number of benzene rings is 4. The molecule has 4 aromatic carbocycles. The van der Waals surface area contributed by atoms with Gasteiger partial charge in [0.15, 0.2) is 0 Å². The highest BCUT2D eigenvalue weighted by atomic mass is 28.3. The maximum atomic E-state index is 3.00. The zero-order chi connectivity index (χ0) is 105. The fourth-order valence-electron chi connectivity index (χ4n) is 37.4. The minimum Gasteiger partial charge on any atom is -0.314 e. The Morgan fingerprint density at radius 3 is 0.761 bits per heavy atom. The van der Waals surface area contributed by atoms with Gasteiger partial charge in [-0.25, -0.2) is 0 Å².